The first-order valence-corrected chi connectivity index (χ1v) is 16.9. The minimum absolute atomic E-state index is 0.131. The molecule has 188 valence electrons. The summed E-state index contributed by atoms with van der Waals surface area (Å²) in [5.41, 5.74) is 15.5. The van der Waals surface area contributed by atoms with E-state index in [2.05, 4.69) is 133 Å². The molecule has 4 aromatic carbocycles. The summed E-state index contributed by atoms with van der Waals surface area (Å²) in [7, 11) is -2.01. The summed E-state index contributed by atoms with van der Waals surface area (Å²) < 4.78 is 0. The first-order valence-electron chi connectivity index (χ1n) is 13.9. The molecule has 0 unspecified atom stereocenters. The number of hydrogen-bond acceptors (Lipinski definition) is 0. The molecular formula is C36H40Si. The van der Waals surface area contributed by atoms with Gasteiger partial charge in [0.2, 0.25) is 0 Å². The van der Waals surface area contributed by atoms with Crippen molar-refractivity contribution in [1.29, 1.82) is 0 Å². The van der Waals surface area contributed by atoms with Crippen molar-refractivity contribution < 1.29 is 0 Å². The maximum Gasteiger partial charge on any atom is 0.0931 e. The van der Waals surface area contributed by atoms with Gasteiger partial charge in [-0.15, -0.1) is 0 Å². The van der Waals surface area contributed by atoms with Gasteiger partial charge in [-0.1, -0.05) is 139 Å². The Balaban J connectivity index is 1.59. The van der Waals surface area contributed by atoms with E-state index in [-0.39, 0.29) is 10.8 Å². The SMILES string of the molecule is CC(C)(C)c1ccc2c(c1)C([Si](C)(C)c1cccc3c1Cc1ccccc1-3)c1cc(C(C)(C)C)ccc1-2. The molecule has 0 aromatic heterocycles. The summed E-state index contributed by atoms with van der Waals surface area (Å²) in [4.78, 5) is 0. The highest BCUT2D eigenvalue weighted by molar-refractivity contribution is 6.92. The molecule has 1 heteroatoms. The van der Waals surface area contributed by atoms with Crippen molar-refractivity contribution in [2.45, 2.75) is 77.4 Å². The zero-order chi connectivity index (χ0) is 26.3. The van der Waals surface area contributed by atoms with E-state index in [1.165, 1.54) is 38.9 Å². The first kappa shape index (κ1) is 24.4. The van der Waals surface area contributed by atoms with E-state index in [0.29, 0.717) is 5.54 Å². The molecule has 0 N–H and O–H groups in total. The molecule has 6 rings (SSSR count). The van der Waals surface area contributed by atoms with Crippen molar-refractivity contribution in [2.75, 3.05) is 0 Å². The third-order valence-electron chi connectivity index (χ3n) is 9.01. The highest BCUT2D eigenvalue weighted by atomic mass is 28.3. The highest BCUT2D eigenvalue weighted by Crippen LogP contribution is 2.51. The van der Waals surface area contributed by atoms with Crippen LogP contribution in [0.4, 0.5) is 0 Å². The summed E-state index contributed by atoms with van der Waals surface area (Å²) in [6, 6.07) is 30.8. The second kappa shape index (κ2) is 8.05. The van der Waals surface area contributed by atoms with Crippen molar-refractivity contribution in [3.63, 3.8) is 0 Å². The Bertz CT molecular complexity index is 1470. The molecule has 4 aromatic rings. The minimum atomic E-state index is -2.01. The van der Waals surface area contributed by atoms with Gasteiger partial charge in [-0.2, -0.15) is 0 Å². The van der Waals surface area contributed by atoms with Crippen LogP contribution in [0.25, 0.3) is 22.3 Å². The first-order chi connectivity index (χ1) is 17.4. The third-order valence-corrected chi connectivity index (χ3v) is 12.9. The molecular weight excluding hydrogens is 460 g/mol. The standard InChI is InChI=1S/C36H40Si/c1-35(2,3)24-16-18-28-29-19-17-25(36(4,5)6)22-32(29)34(31(28)21-24)37(7,8)33-15-11-14-27-26-13-10-9-12-23(26)20-30(27)33/h9-19,21-22,34H,20H2,1-8H3. The average molecular weight is 501 g/mol. The lowest BCUT2D eigenvalue weighted by molar-refractivity contribution is 0.589. The molecule has 0 bridgehead atoms. The lowest BCUT2D eigenvalue weighted by Gasteiger charge is -2.35. The van der Waals surface area contributed by atoms with Crippen LogP contribution in [-0.4, -0.2) is 8.07 Å². The number of hydrogen-bond donors (Lipinski definition) is 0. The van der Waals surface area contributed by atoms with Crippen LogP contribution in [-0.2, 0) is 17.3 Å². The summed E-state index contributed by atoms with van der Waals surface area (Å²) in [6.45, 7) is 19.3. The van der Waals surface area contributed by atoms with Gasteiger partial charge >= 0.3 is 0 Å². The van der Waals surface area contributed by atoms with Crippen LogP contribution in [0.1, 0.15) is 80.5 Å². The van der Waals surface area contributed by atoms with Crippen LogP contribution < -0.4 is 5.19 Å². The maximum absolute atomic E-state index is 2.63. The minimum Gasteiger partial charge on any atom is -0.0647 e. The summed E-state index contributed by atoms with van der Waals surface area (Å²) in [5.74, 6) is 0. The molecule has 0 saturated carbocycles. The van der Waals surface area contributed by atoms with E-state index >= 15 is 0 Å². The van der Waals surface area contributed by atoms with Crippen LogP contribution in [0.5, 0.6) is 0 Å². The molecule has 0 heterocycles. The highest BCUT2D eigenvalue weighted by Gasteiger charge is 2.44. The van der Waals surface area contributed by atoms with Gasteiger partial charge in [-0.05, 0) is 72.9 Å². The molecule has 0 radical (unpaired) electrons. The van der Waals surface area contributed by atoms with Crippen molar-refractivity contribution >= 4 is 13.3 Å². The zero-order valence-corrected chi connectivity index (χ0v) is 24.8. The van der Waals surface area contributed by atoms with Gasteiger partial charge in [0.25, 0.3) is 0 Å². The topological polar surface area (TPSA) is 0 Å². The van der Waals surface area contributed by atoms with Gasteiger partial charge in [0.05, 0.1) is 8.07 Å². The Morgan fingerprint density at radius 2 is 1.14 bits per heavy atom. The van der Waals surface area contributed by atoms with E-state index in [1.54, 1.807) is 21.9 Å². The lowest BCUT2D eigenvalue weighted by atomic mass is 9.85. The van der Waals surface area contributed by atoms with Crippen molar-refractivity contribution in [3.05, 3.63) is 112 Å². The van der Waals surface area contributed by atoms with E-state index in [4.69, 9.17) is 0 Å². The second-order valence-corrected chi connectivity index (χ2v) is 18.5. The number of benzene rings is 4. The van der Waals surface area contributed by atoms with E-state index in [0.717, 1.165) is 6.42 Å². The fourth-order valence-corrected chi connectivity index (χ4v) is 10.8. The van der Waals surface area contributed by atoms with Gasteiger partial charge in [-0.25, -0.2) is 0 Å². The Morgan fingerprint density at radius 1 is 0.595 bits per heavy atom. The molecule has 0 nitrogen and oxygen atoms in total. The Morgan fingerprint density at radius 3 is 1.70 bits per heavy atom. The average Bonchev–Trinajstić information content (AvgIpc) is 3.38. The molecule has 0 aliphatic heterocycles. The molecule has 0 saturated heterocycles. The van der Waals surface area contributed by atoms with Crippen molar-refractivity contribution in [3.8, 4) is 22.3 Å². The summed E-state index contributed by atoms with van der Waals surface area (Å²) >= 11 is 0. The fourth-order valence-electron chi connectivity index (χ4n) is 6.89. The van der Waals surface area contributed by atoms with E-state index in [1.807, 2.05) is 0 Å². The quantitative estimate of drug-likeness (QED) is 0.212. The normalized spacial score (nSPS) is 14.8. The predicted molar refractivity (Wildman–Crippen MR) is 163 cm³/mol. The smallest absolute Gasteiger partial charge is 0.0647 e. The monoisotopic (exact) mass is 500 g/mol. The van der Waals surface area contributed by atoms with Crippen LogP contribution in [0.15, 0.2) is 78.9 Å². The lowest BCUT2D eigenvalue weighted by Crippen LogP contribution is -2.49. The van der Waals surface area contributed by atoms with Gasteiger partial charge in [0.15, 0.2) is 0 Å². The molecule has 37 heavy (non-hydrogen) atoms. The molecule has 0 amide bonds. The van der Waals surface area contributed by atoms with E-state index in [9.17, 15) is 0 Å². The Kier molecular flexibility index (Phi) is 5.31. The van der Waals surface area contributed by atoms with E-state index < -0.39 is 8.07 Å². The maximum atomic E-state index is 2.63. The third kappa shape index (κ3) is 3.77. The van der Waals surface area contributed by atoms with Gasteiger partial charge in [0, 0.05) is 5.54 Å². The Hall–Kier alpha value is -2.90. The van der Waals surface area contributed by atoms with Crippen LogP contribution in [0.3, 0.4) is 0 Å². The Labute approximate surface area is 224 Å². The van der Waals surface area contributed by atoms with Crippen LogP contribution >= 0.6 is 0 Å². The van der Waals surface area contributed by atoms with Crippen molar-refractivity contribution in [2.24, 2.45) is 0 Å². The second-order valence-electron chi connectivity index (χ2n) is 13.9. The summed E-state index contributed by atoms with van der Waals surface area (Å²) in [6.07, 6.45) is 1.06. The van der Waals surface area contributed by atoms with Gasteiger partial charge < -0.3 is 0 Å². The van der Waals surface area contributed by atoms with Crippen molar-refractivity contribution in [1.82, 2.24) is 0 Å². The molecule has 2 aliphatic carbocycles. The largest absolute Gasteiger partial charge is 0.0931 e. The fraction of sp³-hybridized carbons (Fsp3) is 0.333. The van der Waals surface area contributed by atoms with Gasteiger partial charge in [-0.3, -0.25) is 0 Å². The molecule has 2 aliphatic rings. The summed E-state index contributed by atoms with van der Waals surface area (Å²) in [5, 5.41) is 1.63. The van der Waals surface area contributed by atoms with Gasteiger partial charge in [0.1, 0.15) is 0 Å². The number of rotatable bonds is 2. The van der Waals surface area contributed by atoms with Crippen LogP contribution in [0, 0.1) is 0 Å². The predicted octanol–water partition coefficient (Wildman–Crippen LogP) is 9.12. The van der Waals surface area contributed by atoms with Crippen LogP contribution in [0.2, 0.25) is 13.1 Å². The molecule has 0 atom stereocenters. The zero-order valence-electron chi connectivity index (χ0n) is 23.8. The molecule has 0 fully saturated rings. The number of fused-ring (bicyclic) bond motifs is 6. The molecule has 0 spiro atoms.